The summed E-state index contributed by atoms with van der Waals surface area (Å²) in [5.41, 5.74) is 3.27. The third-order valence-electron chi connectivity index (χ3n) is 2.68. The number of phenols is 1. The van der Waals surface area contributed by atoms with E-state index < -0.39 is 0 Å². The van der Waals surface area contributed by atoms with Gasteiger partial charge in [-0.1, -0.05) is 25.1 Å². The van der Waals surface area contributed by atoms with Crippen LogP contribution in [0.15, 0.2) is 47.4 Å². The topological polar surface area (TPSA) is 20.2 Å². The van der Waals surface area contributed by atoms with Crippen LogP contribution < -0.4 is 0 Å². The van der Waals surface area contributed by atoms with Gasteiger partial charge in [0.25, 0.3) is 0 Å². The molecule has 2 aromatic rings. The number of hydrogen-bond donors (Lipinski definition) is 1. The monoisotopic (exact) mass is 244 g/mol. The average molecular weight is 244 g/mol. The number of thioether (sulfide) groups is 1. The van der Waals surface area contributed by atoms with Gasteiger partial charge in [-0.15, -0.1) is 11.8 Å². The molecular formula is C15H16OS. The summed E-state index contributed by atoms with van der Waals surface area (Å²) in [4.78, 5) is 1.29. The first kappa shape index (κ1) is 12.1. The lowest BCUT2D eigenvalue weighted by atomic mass is 10.0. The lowest BCUT2D eigenvalue weighted by Gasteiger charge is -2.06. The van der Waals surface area contributed by atoms with Gasteiger partial charge in [-0.2, -0.15) is 0 Å². The molecule has 0 aliphatic carbocycles. The minimum atomic E-state index is 0.354. The lowest BCUT2D eigenvalue weighted by molar-refractivity contribution is 0.471. The molecule has 17 heavy (non-hydrogen) atoms. The van der Waals surface area contributed by atoms with Gasteiger partial charge in [-0.25, -0.2) is 0 Å². The second-order valence-corrected chi connectivity index (χ2v) is 5.30. The van der Waals surface area contributed by atoms with Crippen LogP contribution in [0.4, 0.5) is 0 Å². The number of benzene rings is 2. The standard InChI is InChI=1S/C15H16OS/c1-3-17-14-6-4-5-12(10-14)13-7-8-15(16)11(2)9-13/h4-10,16H,3H2,1-2H3. The van der Waals surface area contributed by atoms with E-state index in [1.54, 1.807) is 6.07 Å². The fraction of sp³-hybridized carbons (Fsp3) is 0.200. The summed E-state index contributed by atoms with van der Waals surface area (Å²) >= 11 is 1.84. The Morgan fingerprint density at radius 3 is 2.53 bits per heavy atom. The lowest BCUT2D eigenvalue weighted by Crippen LogP contribution is -1.81. The van der Waals surface area contributed by atoms with E-state index in [9.17, 15) is 5.11 Å². The second-order valence-electron chi connectivity index (χ2n) is 3.96. The predicted molar refractivity (Wildman–Crippen MR) is 74.7 cm³/mol. The van der Waals surface area contributed by atoms with Crippen molar-refractivity contribution in [3.63, 3.8) is 0 Å². The van der Waals surface area contributed by atoms with Crippen molar-refractivity contribution in [3.05, 3.63) is 48.0 Å². The Morgan fingerprint density at radius 2 is 1.82 bits per heavy atom. The molecule has 0 saturated heterocycles. The van der Waals surface area contributed by atoms with Gasteiger partial charge in [-0.05, 0) is 53.6 Å². The zero-order valence-corrected chi connectivity index (χ0v) is 10.9. The van der Waals surface area contributed by atoms with Crippen molar-refractivity contribution in [2.24, 2.45) is 0 Å². The molecular weight excluding hydrogens is 228 g/mol. The first-order valence-corrected chi connectivity index (χ1v) is 6.72. The maximum atomic E-state index is 9.53. The molecule has 0 bridgehead atoms. The summed E-state index contributed by atoms with van der Waals surface area (Å²) < 4.78 is 0. The molecule has 0 aromatic heterocycles. The van der Waals surface area contributed by atoms with Crippen molar-refractivity contribution in [1.29, 1.82) is 0 Å². The third-order valence-corrected chi connectivity index (χ3v) is 3.55. The molecule has 2 aromatic carbocycles. The normalized spacial score (nSPS) is 10.5. The molecule has 1 N–H and O–H groups in total. The van der Waals surface area contributed by atoms with Gasteiger partial charge >= 0.3 is 0 Å². The van der Waals surface area contributed by atoms with Crippen molar-refractivity contribution in [1.82, 2.24) is 0 Å². The first-order valence-electron chi connectivity index (χ1n) is 5.73. The summed E-state index contributed by atoms with van der Waals surface area (Å²) in [7, 11) is 0. The Balaban J connectivity index is 2.38. The van der Waals surface area contributed by atoms with Crippen molar-refractivity contribution < 1.29 is 5.11 Å². The second kappa shape index (κ2) is 5.28. The Hall–Kier alpha value is -1.41. The maximum absolute atomic E-state index is 9.53. The summed E-state index contributed by atoms with van der Waals surface area (Å²) in [5, 5.41) is 9.53. The minimum absolute atomic E-state index is 0.354. The molecule has 0 unspecified atom stereocenters. The Kier molecular flexibility index (Phi) is 3.75. The molecule has 2 rings (SSSR count). The minimum Gasteiger partial charge on any atom is -0.508 e. The molecule has 0 aliphatic rings. The van der Waals surface area contributed by atoms with E-state index in [0.717, 1.165) is 16.9 Å². The molecule has 0 amide bonds. The number of phenolic OH excluding ortho intramolecular Hbond substituents is 1. The molecule has 0 atom stereocenters. The van der Waals surface area contributed by atoms with E-state index in [1.165, 1.54) is 10.5 Å². The van der Waals surface area contributed by atoms with Crippen LogP contribution in [-0.2, 0) is 0 Å². The van der Waals surface area contributed by atoms with Gasteiger partial charge in [0.05, 0.1) is 0 Å². The van der Waals surface area contributed by atoms with Crippen molar-refractivity contribution in [2.75, 3.05) is 5.75 Å². The summed E-state index contributed by atoms with van der Waals surface area (Å²) in [6.45, 7) is 4.07. The highest BCUT2D eigenvalue weighted by Gasteiger charge is 2.02. The first-order chi connectivity index (χ1) is 8.20. The quantitative estimate of drug-likeness (QED) is 0.803. The molecule has 0 aliphatic heterocycles. The van der Waals surface area contributed by atoms with Crippen molar-refractivity contribution in [3.8, 4) is 16.9 Å². The molecule has 0 radical (unpaired) electrons. The fourth-order valence-corrected chi connectivity index (χ4v) is 2.49. The molecule has 0 heterocycles. The van der Waals surface area contributed by atoms with Gasteiger partial charge in [0.2, 0.25) is 0 Å². The van der Waals surface area contributed by atoms with Gasteiger partial charge < -0.3 is 5.11 Å². The van der Waals surface area contributed by atoms with Gasteiger partial charge in [0.1, 0.15) is 5.75 Å². The highest BCUT2D eigenvalue weighted by Crippen LogP contribution is 2.28. The van der Waals surface area contributed by atoms with Crippen LogP contribution >= 0.6 is 11.8 Å². The number of aryl methyl sites for hydroxylation is 1. The number of hydrogen-bond acceptors (Lipinski definition) is 2. The largest absolute Gasteiger partial charge is 0.508 e. The zero-order valence-electron chi connectivity index (χ0n) is 10.1. The SMILES string of the molecule is CCSc1cccc(-c2ccc(O)c(C)c2)c1. The van der Waals surface area contributed by atoms with Crippen LogP contribution in [0.2, 0.25) is 0 Å². The van der Waals surface area contributed by atoms with Crippen molar-refractivity contribution >= 4 is 11.8 Å². The van der Waals surface area contributed by atoms with Crippen LogP contribution in [0.5, 0.6) is 5.75 Å². The number of rotatable bonds is 3. The predicted octanol–water partition coefficient (Wildman–Crippen LogP) is 4.48. The zero-order chi connectivity index (χ0) is 12.3. The van der Waals surface area contributed by atoms with Crippen molar-refractivity contribution in [2.45, 2.75) is 18.7 Å². The molecule has 0 spiro atoms. The van der Waals surface area contributed by atoms with Crippen LogP contribution in [-0.4, -0.2) is 10.9 Å². The van der Waals surface area contributed by atoms with Crippen LogP contribution in [0, 0.1) is 6.92 Å². The van der Waals surface area contributed by atoms with Crippen LogP contribution in [0.3, 0.4) is 0 Å². The average Bonchev–Trinajstić information content (AvgIpc) is 2.33. The highest BCUT2D eigenvalue weighted by molar-refractivity contribution is 7.99. The molecule has 88 valence electrons. The Labute approximate surface area is 107 Å². The fourth-order valence-electron chi connectivity index (χ4n) is 1.77. The van der Waals surface area contributed by atoms with E-state index in [-0.39, 0.29) is 0 Å². The molecule has 2 heteroatoms. The van der Waals surface area contributed by atoms with E-state index in [1.807, 2.05) is 30.8 Å². The molecule has 0 fully saturated rings. The third kappa shape index (κ3) is 2.83. The summed E-state index contributed by atoms with van der Waals surface area (Å²) in [6, 6.07) is 14.2. The van der Waals surface area contributed by atoms with E-state index in [4.69, 9.17) is 0 Å². The molecule has 0 saturated carbocycles. The highest BCUT2D eigenvalue weighted by atomic mass is 32.2. The summed E-state index contributed by atoms with van der Waals surface area (Å²) in [5.74, 6) is 1.44. The maximum Gasteiger partial charge on any atom is 0.118 e. The number of aromatic hydroxyl groups is 1. The Morgan fingerprint density at radius 1 is 1.06 bits per heavy atom. The van der Waals surface area contributed by atoms with Gasteiger partial charge in [0, 0.05) is 4.90 Å². The van der Waals surface area contributed by atoms with Gasteiger partial charge in [0.15, 0.2) is 0 Å². The molecule has 1 nitrogen and oxygen atoms in total. The van der Waals surface area contributed by atoms with E-state index >= 15 is 0 Å². The van der Waals surface area contributed by atoms with Crippen LogP contribution in [0.1, 0.15) is 12.5 Å². The van der Waals surface area contributed by atoms with E-state index in [2.05, 4.69) is 31.2 Å². The van der Waals surface area contributed by atoms with Crippen LogP contribution in [0.25, 0.3) is 11.1 Å². The Bertz CT molecular complexity index is 520. The van der Waals surface area contributed by atoms with Gasteiger partial charge in [-0.3, -0.25) is 0 Å². The smallest absolute Gasteiger partial charge is 0.118 e. The summed E-state index contributed by atoms with van der Waals surface area (Å²) in [6.07, 6.45) is 0. The van der Waals surface area contributed by atoms with E-state index in [0.29, 0.717) is 5.75 Å².